The average molecular weight is 240 g/mol. The number of aliphatic hydroxyl groups is 3. The summed E-state index contributed by atoms with van der Waals surface area (Å²) in [6, 6.07) is 0. The average Bonchev–Trinajstić information content (AvgIpc) is 2.22. The van der Waals surface area contributed by atoms with Crippen LogP contribution >= 0.6 is 24.4 Å². The molecular formula is C7H12O5S2. The smallest absolute Gasteiger partial charge is 0.185 e. The summed E-state index contributed by atoms with van der Waals surface area (Å²) in [7, 11) is 0. The van der Waals surface area contributed by atoms with Crippen LogP contribution in [-0.2, 0) is 9.47 Å². The van der Waals surface area contributed by atoms with Crippen LogP contribution in [0.4, 0.5) is 0 Å². The first-order chi connectivity index (χ1) is 6.63. The first-order valence-corrected chi connectivity index (χ1v) is 4.63. The van der Waals surface area contributed by atoms with Crippen molar-refractivity contribution >= 4 is 34.5 Å². The van der Waals surface area contributed by atoms with E-state index in [1.165, 1.54) is 0 Å². The van der Waals surface area contributed by atoms with Gasteiger partial charge in [-0.1, -0.05) is 0 Å². The van der Waals surface area contributed by atoms with Crippen LogP contribution in [0.3, 0.4) is 0 Å². The van der Waals surface area contributed by atoms with Gasteiger partial charge < -0.3 is 24.8 Å². The normalized spacial score (nSPS) is 11.9. The molecular weight excluding hydrogens is 228 g/mol. The molecule has 0 radical (unpaired) electrons. The first kappa shape index (κ1) is 13.7. The molecule has 3 N–H and O–H groups in total. The number of aliphatic hydroxyl groups excluding tert-OH is 3. The zero-order valence-electron chi connectivity index (χ0n) is 7.38. The molecule has 0 aliphatic heterocycles. The van der Waals surface area contributed by atoms with E-state index in [1.54, 1.807) is 0 Å². The van der Waals surface area contributed by atoms with Gasteiger partial charge in [-0.05, 0) is 24.4 Å². The molecule has 1 atom stereocenters. The lowest BCUT2D eigenvalue weighted by Gasteiger charge is -2.16. The molecule has 0 saturated carbocycles. The van der Waals surface area contributed by atoms with Crippen LogP contribution in [-0.4, -0.2) is 58.0 Å². The highest BCUT2D eigenvalue weighted by atomic mass is 32.1. The van der Waals surface area contributed by atoms with E-state index in [0.29, 0.717) is 0 Å². The fourth-order valence-corrected chi connectivity index (χ4v) is 0.783. The molecule has 82 valence electrons. The molecule has 5 nitrogen and oxygen atoms in total. The fraction of sp³-hybridized carbons (Fsp3) is 0.714. The standard InChI is InChI=1S/C7H12O5S2/c8-1-5(12-7(14)3-10)4-11-6(13)2-9/h5,8-10H,1-4H2. The van der Waals surface area contributed by atoms with Crippen LogP contribution < -0.4 is 0 Å². The summed E-state index contributed by atoms with van der Waals surface area (Å²) in [5.74, 6) is 0. The molecule has 0 heterocycles. The highest BCUT2D eigenvalue weighted by molar-refractivity contribution is 7.80. The van der Waals surface area contributed by atoms with E-state index >= 15 is 0 Å². The minimum atomic E-state index is -0.681. The third kappa shape index (κ3) is 6.17. The van der Waals surface area contributed by atoms with Gasteiger partial charge in [-0.15, -0.1) is 0 Å². The van der Waals surface area contributed by atoms with Crippen molar-refractivity contribution in [2.24, 2.45) is 0 Å². The Morgan fingerprint density at radius 1 is 1.07 bits per heavy atom. The molecule has 0 aromatic rings. The molecule has 0 fully saturated rings. The van der Waals surface area contributed by atoms with Crippen LogP contribution in [0.5, 0.6) is 0 Å². The third-order valence-corrected chi connectivity index (χ3v) is 1.66. The maximum Gasteiger partial charge on any atom is 0.185 e. The van der Waals surface area contributed by atoms with E-state index in [-0.39, 0.29) is 29.9 Å². The molecule has 14 heavy (non-hydrogen) atoms. The Labute approximate surface area is 92.3 Å². The van der Waals surface area contributed by atoms with Crippen molar-refractivity contribution in [2.45, 2.75) is 6.10 Å². The van der Waals surface area contributed by atoms with Crippen molar-refractivity contribution < 1.29 is 24.8 Å². The number of thiocarbonyl (C=S) groups is 2. The Balaban J connectivity index is 3.79. The van der Waals surface area contributed by atoms with Gasteiger partial charge >= 0.3 is 0 Å². The van der Waals surface area contributed by atoms with E-state index in [1.807, 2.05) is 0 Å². The van der Waals surface area contributed by atoms with Gasteiger partial charge in [0, 0.05) is 0 Å². The van der Waals surface area contributed by atoms with Crippen LogP contribution in [0.1, 0.15) is 0 Å². The van der Waals surface area contributed by atoms with Gasteiger partial charge in [0.25, 0.3) is 0 Å². The summed E-state index contributed by atoms with van der Waals surface area (Å²) in [5, 5.41) is 25.9. The second-order valence-electron chi connectivity index (χ2n) is 2.29. The van der Waals surface area contributed by atoms with Crippen LogP contribution in [0.25, 0.3) is 0 Å². The highest BCUT2D eigenvalue weighted by Crippen LogP contribution is 1.96. The molecule has 0 spiro atoms. The van der Waals surface area contributed by atoms with Crippen molar-refractivity contribution in [3.8, 4) is 0 Å². The van der Waals surface area contributed by atoms with Gasteiger partial charge in [0.05, 0.1) is 6.61 Å². The number of hydrogen-bond donors (Lipinski definition) is 3. The molecule has 7 heteroatoms. The summed E-state index contributed by atoms with van der Waals surface area (Å²) >= 11 is 9.16. The Morgan fingerprint density at radius 3 is 2.07 bits per heavy atom. The first-order valence-electron chi connectivity index (χ1n) is 3.81. The predicted octanol–water partition coefficient (Wildman–Crippen LogP) is -0.980. The number of hydrogen-bond acceptors (Lipinski definition) is 7. The maximum atomic E-state index is 8.80. The second kappa shape index (κ2) is 8.01. The molecule has 0 aromatic carbocycles. The summed E-state index contributed by atoms with van der Waals surface area (Å²) in [5.41, 5.74) is 0. The molecule has 0 bridgehead atoms. The summed E-state index contributed by atoms with van der Waals surface area (Å²) in [4.78, 5) is 0. The fourth-order valence-electron chi connectivity index (χ4n) is 0.579. The topological polar surface area (TPSA) is 79.2 Å². The number of ether oxygens (including phenoxy) is 2. The van der Waals surface area contributed by atoms with Gasteiger partial charge in [0.2, 0.25) is 0 Å². The van der Waals surface area contributed by atoms with Gasteiger partial charge in [0.1, 0.15) is 19.8 Å². The highest BCUT2D eigenvalue weighted by Gasteiger charge is 2.12. The molecule has 0 aliphatic carbocycles. The summed E-state index contributed by atoms with van der Waals surface area (Å²) < 4.78 is 9.75. The quantitative estimate of drug-likeness (QED) is 0.515. The van der Waals surface area contributed by atoms with Crippen LogP contribution in [0, 0.1) is 0 Å². The zero-order valence-corrected chi connectivity index (χ0v) is 9.01. The predicted molar refractivity (Wildman–Crippen MR) is 57.3 cm³/mol. The van der Waals surface area contributed by atoms with E-state index in [4.69, 9.17) is 24.8 Å². The van der Waals surface area contributed by atoms with Crippen molar-refractivity contribution in [1.29, 1.82) is 0 Å². The molecule has 0 rings (SSSR count). The largest absolute Gasteiger partial charge is 0.481 e. The van der Waals surface area contributed by atoms with Crippen molar-refractivity contribution in [3.63, 3.8) is 0 Å². The van der Waals surface area contributed by atoms with Gasteiger partial charge in [-0.25, -0.2) is 0 Å². The van der Waals surface area contributed by atoms with E-state index in [2.05, 4.69) is 24.4 Å². The van der Waals surface area contributed by atoms with Crippen molar-refractivity contribution in [1.82, 2.24) is 0 Å². The molecule has 0 aliphatic rings. The Kier molecular flexibility index (Phi) is 7.81. The molecule has 0 amide bonds. The molecule has 0 aromatic heterocycles. The van der Waals surface area contributed by atoms with Crippen LogP contribution in [0.15, 0.2) is 0 Å². The Morgan fingerprint density at radius 2 is 1.64 bits per heavy atom. The molecule has 1 unspecified atom stereocenters. The lowest BCUT2D eigenvalue weighted by molar-refractivity contribution is 0.0551. The lowest BCUT2D eigenvalue weighted by Crippen LogP contribution is -2.29. The van der Waals surface area contributed by atoms with Crippen molar-refractivity contribution in [2.75, 3.05) is 26.4 Å². The van der Waals surface area contributed by atoms with Gasteiger partial charge in [-0.2, -0.15) is 0 Å². The second-order valence-corrected chi connectivity index (χ2v) is 3.20. The zero-order chi connectivity index (χ0) is 11.0. The third-order valence-electron chi connectivity index (χ3n) is 1.19. The molecule has 0 saturated heterocycles. The van der Waals surface area contributed by atoms with Gasteiger partial charge in [0.15, 0.2) is 16.2 Å². The minimum Gasteiger partial charge on any atom is -0.481 e. The SMILES string of the molecule is OCC(=S)OCC(CO)OC(=S)CO. The lowest BCUT2D eigenvalue weighted by atomic mass is 10.4. The van der Waals surface area contributed by atoms with Gasteiger partial charge in [-0.3, -0.25) is 0 Å². The van der Waals surface area contributed by atoms with E-state index in [9.17, 15) is 0 Å². The summed E-state index contributed by atoms with van der Waals surface area (Å²) in [6.45, 7) is -1.08. The van der Waals surface area contributed by atoms with Crippen LogP contribution in [0.2, 0.25) is 0 Å². The minimum absolute atomic E-state index is 0.0157. The maximum absolute atomic E-state index is 8.80. The number of rotatable bonds is 6. The van der Waals surface area contributed by atoms with E-state index in [0.717, 1.165) is 0 Å². The van der Waals surface area contributed by atoms with E-state index < -0.39 is 12.7 Å². The monoisotopic (exact) mass is 240 g/mol. The van der Waals surface area contributed by atoms with Crippen molar-refractivity contribution in [3.05, 3.63) is 0 Å². The Hall–Kier alpha value is -0.340. The summed E-state index contributed by atoms with van der Waals surface area (Å²) in [6.07, 6.45) is -0.681. The Bertz CT molecular complexity index is 197.